The molecule has 1 amide bonds. The number of hydrogen-bond acceptors (Lipinski definition) is 7. The predicted octanol–water partition coefficient (Wildman–Crippen LogP) is 3.69. The van der Waals surface area contributed by atoms with Crippen LogP contribution in [0.4, 0.5) is 10.8 Å². The Hall–Kier alpha value is -2.55. The number of aryl methyl sites for hydroxylation is 1. The van der Waals surface area contributed by atoms with E-state index >= 15 is 0 Å². The van der Waals surface area contributed by atoms with Crippen LogP contribution in [0.1, 0.15) is 48.4 Å². The van der Waals surface area contributed by atoms with Crippen LogP contribution < -0.4 is 10.2 Å². The molecule has 0 bridgehead atoms. The van der Waals surface area contributed by atoms with E-state index in [1.807, 2.05) is 25.1 Å². The Labute approximate surface area is 185 Å². The molecule has 0 atom stereocenters. The average Bonchev–Trinajstić information content (AvgIpc) is 3.15. The number of nitrogens with one attached hydrogen (secondary N) is 1. The van der Waals surface area contributed by atoms with Gasteiger partial charge in [-0.3, -0.25) is 4.79 Å². The number of carbonyl (C=O) groups is 1. The molecule has 2 aromatic heterocycles. The van der Waals surface area contributed by atoms with Crippen molar-refractivity contribution in [2.75, 3.05) is 29.9 Å². The van der Waals surface area contributed by atoms with Crippen molar-refractivity contribution in [3.63, 3.8) is 0 Å². The molecule has 4 rings (SSSR count). The minimum atomic E-state index is -1.15. The summed E-state index contributed by atoms with van der Waals surface area (Å²) in [5.41, 5.74) is 1.91. The number of anilines is 2. The first kappa shape index (κ1) is 21.7. The molecule has 164 valence electrons. The second-order valence-corrected chi connectivity index (χ2v) is 9.66. The van der Waals surface area contributed by atoms with Crippen LogP contribution in [0.5, 0.6) is 0 Å². The van der Waals surface area contributed by atoms with Crippen LogP contribution in [0, 0.1) is 12.8 Å². The Kier molecular flexibility index (Phi) is 5.96. The predicted molar refractivity (Wildman–Crippen MR) is 124 cm³/mol. The Morgan fingerprint density at radius 1 is 1.26 bits per heavy atom. The lowest BCUT2D eigenvalue weighted by Crippen LogP contribution is -2.34. The molecule has 1 aliphatic heterocycles. The normalized spacial score (nSPS) is 15.5. The van der Waals surface area contributed by atoms with Crippen molar-refractivity contribution in [3.8, 4) is 0 Å². The summed E-state index contributed by atoms with van der Waals surface area (Å²) in [5, 5.41) is 24.0. The van der Waals surface area contributed by atoms with E-state index in [-0.39, 0.29) is 12.5 Å². The van der Waals surface area contributed by atoms with Gasteiger partial charge < -0.3 is 20.4 Å². The van der Waals surface area contributed by atoms with Gasteiger partial charge in [0.15, 0.2) is 5.13 Å². The van der Waals surface area contributed by atoms with Gasteiger partial charge in [0.2, 0.25) is 0 Å². The smallest absolute Gasteiger partial charge is 0.274 e. The Bertz CT molecular complexity index is 1100. The third-order valence-electron chi connectivity index (χ3n) is 5.69. The molecule has 0 spiro atoms. The van der Waals surface area contributed by atoms with E-state index in [4.69, 9.17) is 4.98 Å². The van der Waals surface area contributed by atoms with Gasteiger partial charge in [-0.25, -0.2) is 9.97 Å². The van der Waals surface area contributed by atoms with E-state index in [2.05, 4.69) is 15.2 Å². The highest BCUT2D eigenvalue weighted by molar-refractivity contribution is 7.22. The zero-order valence-corrected chi connectivity index (χ0v) is 18.9. The number of fused-ring (bicyclic) bond motifs is 1. The van der Waals surface area contributed by atoms with E-state index in [1.165, 1.54) is 0 Å². The van der Waals surface area contributed by atoms with Crippen molar-refractivity contribution in [1.82, 2.24) is 9.97 Å². The number of thiazole rings is 1. The summed E-state index contributed by atoms with van der Waals surface area (Å²) in [4.78, 5) is 24.1. The fourth-order valence-electron chi connectivity index (χ4n) is 3.87. The number of piperidine rings is 1. The fourth-order valence-corrected chi connectivity index (χ4v) is 4.91. The van der Waals surface area contributed by atoms with Gasteiger partial charge in [0.05, 0.1) is 15.8 Å². The molecular weight excluding hydrogens is 412 g/mol. The van der Waals surface area contributed by atoms with Crippen LogP contribution in [-0.4, -0.2) is 45.8 Å². The summed E-state index contributed by atoms with van der Waals surface area (Å²) in [6.07, 6.45) is 1.90. The molecular formula is C23H28N4O3S. The first-order chi connectivity index (χ1) is 14.7. The summed E-state index contributed by atoms with van der Waals surface area (Å²) in [7, 11) is 0. The molecule has 3 aromatic rings. The number of aliphatic hydroxyl groups is 2. The number of nitrogens with zero attached hydrogens (tertiary/aromatic N) is 3. The monoisotopic (exact) mass is 440 g/mol. The average molecular weight is 441 g/mol. The Balaban J connectivity index is 1.66. The minimum Gasteiger partial charge on any atom is -0.396 e. The third-order valence-corrected chi connectivity index (χ3v) is 6.77. The van der Waals surface area contributed by atoms with Crippen molar-refractivity contribution in [2.24, 2.45) is 5.92 Å². The van der Waals surface area contributed by atoms with E-state index in [0.29, 0.717) is 22.9 Å². The standard InChI is InChI=1S/C23H28N4O3S/c1-14-5-4-6-17(24-14)21(29)25-18-12-20-19(11-16(18)23(2,3)30)26-22(31-20)27-9-7-15(13-28)8-10-27/h4-6,11-12,15,28,30H,7-10,13H2,1-3H3,(H,25,29). The summed E-state index contributed by atoms with van der Waals surface area (Å²) < 4.78 is 0.944. The number of hydrogen-bond donors (Lipinski definition) is 3. The fraction of sp³-hybridized carbons (Fsp3) is 0.435. The first-order valence-electron chi connectivity index (χ1n) is 10.5. The van der Waals surface area contributed by atoms with E-state index < -0.39 is 5.60 Å². The SMILES string of the molecule is Cc1cccc(C(=O)Nc2cc3sc(N4CCC(CO)CC4)nc3cc2C(C)(C)O)n1. The van der Waals surface area contributed by atoms with E-state index in [9.17, 15) is 15.0 Å². The Morgan fingerprint density at radius 2 is 2.00 bits per heavy atom. The highest BCUT2D eigenvalue weighted by atomic mass is 32.1. The van der Waals surface area contributed by atoms with E-state index in [1.54, 1.807) is 37.3 Å². The lowest BCUT2D eigenvalue weighted by Gasteiger charge is -2.30. The van der Waals surface area contributed by atoms with Crippen molar-refractivity contribution >= 4 is 38.3 Å². The minimum absolute atomic E-state index is 0.238. The maximum Gasteiger partial charge on any atom is 0.274 e. The van der Waals surface area contributed by atoms with Crippen molar-refractivity contribution in [1.29, 1.82) is 0 Å². The van der Waals surface area contributed by atoms with Gasteiger partial charge in [0, 0.05) is 36.6 Å². The largest absolute Gasteiger partial charge is 0.396 e. The first-order valence-corrected chi connectivity index (χ1v) is 11.3. The van der Waals surface area contributed by atoms with Crippen molar-refractivity contribution in [3.05, 3.63) is 47.3 Å². The number of aliphatic hydroxyl groups excluding tert-OH is 1. The number of pyridine rings is 1. The lowest BCUT2D eigenvalue weighted by atomic mass is 9.96. The molecule has 1 fully saturated rings. The molecule has 1 saturated heterocycles. The van der Waals surface area contributed by atoms with Crippen LogP contribution in [0.3, 0.4) is 0 Å². The highest BCUT2D eigenvalue weighted by Crippen LogP contribution is 2.37. The summed E-state index contributed by atoms with van der Waals surface area (Å²) in [5.74, 6) is 0.0498. The summed E-state index contributed by atoms with van der Waals surface area (Å²) in [6, 6.07) is 9.05. The van der Waals surface area contributed by atoms with E-state index in [0.717, 1.165) is 47.0 Å². The van der Waals surface area contributed by atoms with Gasteiger partial charge in [-0.1, -0.05) is 17.4 Å². The third kappa shape index (κ3) is 4.71. The van der Waals surface area contributed by atoms with Crippen LogP contribution in [-0.2, 0) is 5.60 Å². The molecule has 8 heteroatoms. The maximum atomic E-state index is 12.8. The van der Waals surface area contributed by atoms with Crippen LogP contribution in [0.2, 0.25) is 0 Å². The molecule has 0 aliphatic carbocycles. The molecule has 7 nitrogen and oxygen atoms in total. The van der Waals surface area contributed by atoms with Gasteiger partial charge in [-0.05, 0) is 63.8 Å². The number of rotatable bonds is 5. The number of benzene rings is 1. The molecule has 0 radical (unpaired) electrons. The topological polar surface area (TPSA) is 98.6 Å². The molecule has 3 N–H and O–H groups in total. The molecule has 1 aliphatic rings. The Morgan fingerprint density at radius 3 is 2.65 bits per heavy atom. The van der Waals surface area contributed by atoms with Gasteiger partial charge in [0.25, 0.3) is 5.91 Å². The second-order valence-electron chi connectivity index (χ2n) is 8.65. The molecule has 31 heavy (non-hydrogen) atoms. The van der Waals surface area contributed by atoms with Gasteiger partial charge in [0.1, 0.15) is 5.69 Å². The van der Waals surface area contributed by atoms with Crippen molar-refractivity contribution < 1.29 is 15.0 Å². The van der Waals surface area contributed by atoms with Crippen molar-refractivity contribution in [2.45, 2.75) is 39.2 Å². The maximum absolute atomic E-state index is 12.8. The molecule has 3 heterocycles. The number of carbonyl (C=O) groups excluding carboxylic acids is 1. The number of amides is 1. The van der Waals surface area contributed by atoms with Gasteiger partial charge >= 0.3 is 0 Å². The zero-order chi connectivity index (χ0) is 22.2. The van der Waals surface area contributed by atoms with Crippen LogP contribution in [0.15, 0.2) is 30.3 Å². The highest BCUT2D eigenvalue weighted by Gasteiger charge is 2.25. The summed E-state index contributed by atoms with van der Waals surface area (Å²) in [6.45, 7) is 7.20. The van der Waals surface area contributed by atoms with Crippen LogP contribution in [0.25, 0.3) is 10.2 Å². The number of aromatic nitrogens is 2. The van der Waals surface area contributed by atoms with Crippen LogP contribution >= 0.6 is 11.3 Å². The molecule has 0 saturated carbocycles. The summed E-state index contributed by atoms with van der Waals surface area (Å²) >= 11 is 1.58. The van der Waals surface area contributed by atoms with Gasteiger partial charge in [-0.2, -0.15) is 0 Å². The molecule has 0 unspecified atom stereocenters. The molecule has 1 aromatic carbocycles. The lowest BCUT2D eigenvalue weighted by molar-refractivity contribution is 0.0794. The zero-order valence-electron chi connectivity index (χ0n) is 18.1. The quantitative estimate of drug-likeness (QED) is 0.560. The van der Waals surface area contributed by atoms with Gasteiger partial charge in [-0.15, -0.1) is 0 Å². The second kappa shape index (κ2) is 8.53.